The van der Waals surface area contributed by atoms with Crippen molar-refractivity contribution in [2.75, 3.05) is 4.90 Å². The van der Waals surface area contributed by atoms with E-state index in [2.05, 4.69) is 229 Å². The predicted molar refractivity (Wildman–Crippen MR) is 263 cm³/mol. The van der Waals surface area contributed by atoms with Gasteiger partial charge in [0.1, 0.15) is 11.2 Å². The van der Waals surface area contributed by atoms with E-state index in [1.165, 1.54) is 60.1 Å². The molecular formula is C60H39NO. The van der Waals surface area contributed by atoms with Crippen molar-refractivity contribution >= 4 is 71.3 Å². The van der Waals surface area contributed by atoms with Crippen molar-refractivity contribution in [1.29, 1.82) is 0 Å². The smallest absolute Gasteiger partial charge is 0.136 e. The van der Waals surface area contributed by atoms with E-state index in [1.54, 1.807) is 0 Å². The highest BCUT2D eigenvalue weighted by molar-refractivity contribution is 6.12. The van der Waals surface area contributed by atoms with Gasteiger partial charge in [-0.2, -0.15) is 0 Å². The Kier molecular flexibility index (Phi) is 8.53. The molecule has 0 saturated heterocycles. The normalized spacial score (nSPS) is 11.5. The van der Waals surface area contributed by atoms with E-state index in [1.807, 2.05) is 12.1 Å². The highest BCUT2D eigenvalue weighted by Crippen LogP contribution is 2.41. The quantitative estimate of drug-likeness (QED) is 0.150. The van der Waals surface area contributed by atoms with Crippen LogP contribution in [-0.2, 0) is 0 Å². The summed E-state index contributed by atoms with van der Waals surface area (Å²) in [7, 11) is 0. The van der Waals surface area contributed by atoms with Gasteiger partial charge in [0.15, 0.2) is 0 Å². The summed E-state index contributed by atoms with van der Waals surface area (Å²) in [5.74, 6) is 0. The van der Waals surface area contributed by atoms with Crippen LogP contribution < -0.4 is 4.90 Å². The van der Waals surface area contributed by atoms with Crippen LogP contribution in [0.15, 0.2) is 241 Å². The number of rotatable bonds is 7. The maximum Gasteiger partial charge on any atom is 0.136 e. The summed E-state index contributed by atoms with van der Waals surface area (Å²) in [4.78, 5) is 2.36. The van der Waals surface area contributed by atoms with Crippen LogP contribution in [0.25, 0.3) is 98.8 Å². The molecule has 11 aromatic carbocycles. The SMILES string of the molecule is c1cc(-c2ccc(-c3ccc4ccccc4c3)cc2)cc(N(c2ccc(-c3ccc4ccc5ccccc5c4c3)cc2)c2ccc(-c3cccc4oc5ccccc5c34)cc2)c1. The molecule has 0 aliphatic carbocycles. The molecule has 290 valence electrons. The average molecular weight is 790 g/mol. The number of hydrogen-bond acceptors (Lipinski definition) is 2. The topological polar surface area (TPSA) is 16.4 Å². The molecular weight excluding hydrogens is 751 g/mol. The van der Waals surface area contributed by atoms with Gasteiger partial charge in [0.25, 0.3) is 0 Å². The van der Waals surface area contributed by atoms with Gasteiger partial charge in [-0.1, -0.05) is 176 Å². The molecule has 12 rings (SSSR count). The van der Waals surface area contributed by atoms with Crippen LogP contribution in [0, 0.1) is 0 Å². The van der Waals surface area contributed by atoms with E-state index in [9.17, 15) is 0 Å². The molecule has 1 aromatic heterocycles. The zero-order chi connectivity index (χ0) is 41.0. The Bertz CT molecular complexity index is 3620. The van der Waals surface area contributed by atoms with Crippen molar-refractivity contribution in [3.8, 4) is 44.5 Å². The lowest BCUT2D eigenvalue weighted by Gasteiger charge is -2.26. The summed E-state index contributed by atoms with van der Waals surface area (Å²) in [6.45, 7) is 0. The zero-order valence-corrected chi connectivity index (χ0v) is 33.9. The summed E-state index contributed by atoms with van der Waals surface area (Å²) in [6, 6.07) is 85.6. The van der Waals surface area contributed by atoms with Crippen molar-refractivity contribution in [2.24, 2.45) is 0 Å². The summed E-state index contributed by atoms with van der Waals surface area (Å²) in [6.07, 6.45) is 0. The number of fused-ring (bicyclic) bond motifs is 7. The molecule has 0 aliphatic rings. The summed E-state index contributed by atoms with van der Waals surface area (Å²) in [5, 5.41) is 9.83. The van der Waals surface area contributed by atoms with Crippen molar-refractivity contribution in [3.63, 3.8) is 0 Å². The molecule has 0 fully saturated rings. The van der Waals surface area contributed by atoms with Crippen LogP contribution in [0.1, 0.15) is 0 Å². The van der Waals surface area contributed by atoms with Gasteiger partial charge in [-0.3, -0.25) is 0 Å². The van der Waals surface area contributed by atoms with Gasteiger partial charge in [0.05, 0.1) is 0 Å². The molecule has 0 aliphatic heterocycles. The Balaban J connectivity index is 0.930. The third-order valence-corrected chi connectivity index (χ3v) is 12.4. The molecule has 2 nitrogen and oxygen atoms in total. The molecule has 2 heteroatoms. The Morgan fingerprint density at radius 3 is 1.50 bits per heavy atom. The second kappa shape index (κ2) is 14.8. The van der Waals surface area contributed by atoms with E-state index in [-0.39, 0.29) is 0 Å². The standard InChI is InChI=1S/C60H39NO/c1-2-11-47-37-49(27-23-40(47)9-1)42-21-19-41(20-22-42)48-12-7-13-53(38-48)61(52-35-31-45(32-36-52)55-16-8-18-59-60(55)56-15-5-6-17-58(56)62-59)51-33-29-43(30-34-51)50-28-26-46-25-24-44-10-3-4-14-54(44)57(46)39-50/h1-39H. The van der Waals surface area contributed by atoms with Crippen molar-refractivity contribution in [2.45, 2.75) is 0 Å². The third kappa shape index (κ3) is 6.29. The first-order valence-corrected chi connectivity index (χ1v) is 21.2. The zero-order valence-electron chi connectivity index (χ0n) is 33.9. The van der Waals surface area contributed by atoms with Crippen LogP contribution >= 0.6 is 0 Å². The Labute approximate surface area is 360 Å². The molecule has 0 N–H and O–H groups in total. The van der Waals surface area contributed by atoms with Crippen molar-refractivity contribution < 1.29 is 4.42 Å². The van der Waals surface area contributed by atoms with E-state index in [0.717, 1.165) is 55.7 Å². The van der Waals surface area contributed by atoms with Crippen molar-refractivity contribution in [3.05, 3.63) is 237 Å². The number of benzene rings is 11. The van der Waals surface area contributed by atoms with E-state index in [4.69, 9.17) is 4.42 Å². The molecule has 0 saturated carbocycles. The number of hydrogen-bond donors (Lipinski definition) is 0. The second-order valence-corrected chi connectivity index (χ2v) is 16.1. The van der Waals surface area contributed by atoms with Crippen LogP contribution in [0.3, 0.4) is 0 Å². The van der Waals surface area contributed by atoms with Crippen LogP contribution in [0.4, 0.5) is 17.1 Å². The lowest BCUT2D eigenvalue weighted by atomic mass is 9.97. The second-order valence-electron chi connectivity index (χ2n) is 16.1. The van der Waals surface area contributed by atoms with Gasteiger partial charge in [-0.25, -0.2) is 0 Å². The molecule has 0 unspecified atom stereocenters. The minimum absolute atomic E-state index is 0.899. The predicted octanol–water partition coefficient (Wildman–Crippen LogP) is 17.2. The van der Waals surface area contributed by atoms with Crippen LogP contribution in [-0.4, -0.2) is 0 Å². The third-order valence-electron chi connectivity index (χ3n) is 12.4. The van der Waals surface area contributed by atoms with E-state index >= 15 is 0 Å². The number of furan rings is 1. The minimum atomic E-state index is 0.899. The van der Waals surface area contributed by atoms with Gasteiger partial charge in [-0.05, 0) is 137 Å². The lowest BCUT2D eigenvalue weighted by Crippen LogP contribution is -2.10. The maximum absolute atomic E-state index is 6.26. The van der Waals surface area contributed by atoms with Gasteiger partial charge in [0, 0.05) is 27.8 Å². The molecule has 0 spiro atoms. The lowest BCUT2D eigenvalue weighted by molar-refractivity contribution is 0.669. The Morgan fingerprint density at radius 2 is 0.758 bits per heavy atom. The molecule has 0 amide bonds. The fourth-order valence-corrected chi connectivity index (χ4v) is 9.29. The minimum Gasteiger partial charge on any atom is -0.456 e. The maximum atomic E-state index is 6.26. The Morgan fingerprint density at radius 1 is 0.258 bits per heavy atom. The molecule has 0 radical (unpaired) electrons. The van der Waals surface area contributed by atoms with Crippen LogP contribution in [0.5, 0.6) is 0 Å². The van der Waals surface area contributed by atoms with E-state index in [0.29, 0.717) is 0 Å². The van der Waals surface area contributed by atoms with Gasteiger partial charge in [-0.15, -0.1) is 0 Å². The molecule has 1 heterocycles. The van der Waals surface area contributed by atoms with Gasteiger partial charge < -0.3 is 9.32 Å². The molecule has 0 atom stereocenters. The monoisotopic (exact) mass is 789 g/mol. The number of para-hydroxylation sites is 1. The number of anilines is 3. The van der Waals surface area contributed by atoms with Gasteiger partial charge in [0.2, 0.25) is 0 Å². The highest BCUT2D eigenvalue weighted by atomic mass is 16.3. The Hall–Kier alpha value is -8.20. The molecule has 62 heavy (non-hydrogen) atoms. The fraction of sp³-hybridized carbons (Fsp3) is 0. The fourth-order valence-electron chi connectivity index (χ4n) is 9.29. The largest absolute Gasteiger partial charge is 0.456 e. The summed E-state index contributed by atoms with van der Waals surface area (Å²) >= 11 is 0. The van der Waals surface area contributed by atoms with E-state index < -0.39 is 0 Å². The van der Waals surface area contributed by atoms with Crippen LogP contribution in [0.2, 0.25) is 0 Å². The molecule has 12 aromatic rings. The van der Waals surface area contributed by atoms with Gasteiger partial charge >= 0.3 is 0 Å². The molecule has 0 bridgehead atoms. The average Bonchev–Trinajstić information content (AvgIpc) is 3.74. The first-order chi connectivity index (χ1) is 30.7. The highest BCUT2D eigenvalue weighted by Gasteiger charge is 2.17. The first kappa shape index (κ1) is 35.7. The summed E-state index contributed by atoms with van der Waals surface area (Å²) < 4.78 is 6.26. The summed E-state index contributed by atoms with van der Waals surface area (Å²) in [5.41, 5.74) is 14.5. The first-order valence-electron chi connectivity index (χ1n) is 21.2. The van der Waals surface area contributed by atoms with Crippen molar-refractivity contribution in [1.82, 2.24) is 0 Å². The number of nitrogens with zero attached hydrogens (tertiary/aromatic N) is 1.